The number of nitrogens with zero attached hydrogens (tertiary/aromatic N) is 6. The molecule has 0 saturated carbocycles. The minimum absolute atomic E-state index is 0.0142. The number of aryl methyl sites for hydroxylation is 1. The van der Waals surface area contributed by atoms with Crippen molar-refractivity contribution in [3.63, 3.8) is 0 Å². The Morgan fingerprint density at radius 2 is 1.72 bits per heavy atom. The summed E-state index contributed by atoms with van der Waals surface area (Å²) < 4.78 is 52.3. The van der Waals surface area contributed by atoms with Crippen LogP contribution in [0.1, 0.15) is 85.5 Å². The van der Waals surface area contributed by atoms with E-state index in [1.165, 1.54) is 41.4 Å². The van der Waals surface area contributed by atoms with E-state index in [1.807, 2.05) is 24.3 Å². The summed E-state index contributed by atoms with van der Waals surface area (Å²) in [6.45, 7) is 12.7. The van der Waals surface area contributed by atoms with Crippen molar-refractivity contribution < 1.29 is 51.8 Å². The Kier molecular flexibility index (Phi) is 13.4. The highest BCUT2D eigenvalue weighted by atomic mass is 35.5. The van der Waals surface area contributed by atoms with Crippen molar-refractivity contribution in [1.29, 1.82) is 0 Å². The Bertz CT molecular complexity index is 2580. The van der Waals surface area contributed by atoms with Crippen molar-refractivity contribution in [2.24, 2.45) is 5.92 Å². The molecule has 2 aromatic carbocycles. The van der Waals surface area contributed by atoms with Gasteiger partial charge in [-0.15, -0.1) is 0 Å². The molecule has 19 heteroatoms. The number of carbonyl (C=O) groups is 3. The lowest BCUT2D eigenvalue weighted by Gasteiger charge is -2.42. The highest BCUT2D eigenvalue weighted by Crippen LogP contribution is 2.46. The molecule has 2 saturated heterocycles. The zero-order chi connectivity index (χ0) is 46.8. The summed E-state index contributed by atoms with van der Waals surface area (Å²) in [6, 6.07) is 13.0. The second kappa shape index (κ2) is 18.7. The molecular formula is C46H52ClFN6O11. The number of nitro benzene ring substituents is 1. The van der Waals surface area contributed by atoms with Gasteiger partial charge in [0.15, 0.2) is 11.4 Å². The fourth-order valence-electron chi connectivity index (χ4n) is 7.92. The number of likely N-dealkylation sites (tertiary alicyclic amines) is 1. The molecule has 0 N–H and O–H groups in total. The number of furan rings is 1. The Morgan fingerprint density at radius 1 is 1.00 bits per heavy atom. The van der Waals surface area contributed by atoms with Gasteiger partial charge in [-0.1, -0.05) is 30.7 Å². The number of halogens is 2. The van der Waals surface area contributed by atoms with Crippen molar-refractivity contribution in [2.45, 2.75) is 110 Å². The average Bonchev–Trinajstić information content (AvgIpc) is 3.83. The lowest BCUT2D eigenvalue weighted by molar-refractivity contribution is -0.384. The molecule has 0 radical (unpaired) electrons. The van der Waals surface area contributed by atoms with Gasteiger partial charge < -0.3 is 37.9 Å². The van der Waals surface area contributed by atoms with Gasteiger partial charge in [0.25, 0.3) is 5.69 Å². The number of nitro groups is 1. The minimum atomic E-state index is -1.98. The van der Waals surface area contributed by atoms with E-state index in [0.29, 0.717) is 47.6 Å². The lowest BCUT2D eigenvalue weighted by Crippen LogP contribution is -2.50. The first-order valence-corrected chi connectivity index (χ1v) is 21.8. The van der Waals surface area contributed by atoms with E-state index < -0.39 is 58.1 Å². The van der Waals surface area contributed by atoms with Crippen LogP contribution in [-0.2, 0) is 31.1 Å². The number of carbonyl (C=O) groups excluding carboxylic acids is 3. The number of rotatable bonds is 12. The molecule has 0 spiro atoms. The molecular weight excluding hydrogens is 867 g/mol. The molecule has 17 nitrogen and oxygen atoms in total. The highest BCUT2D eigenvalue weighted by molar-refractivity contribution is 6.30. The molecule has 0 unspecified atom stereocenters. The summed E-state index contributed by atoms with van der Waals surface area (Å²) in [7, 11) is 0. The maximum Gasteiger partial charge on any atom is 0.513 e. The van der Waals surface area contributed by atoms with Crippen LogP contribution in [0.4, 0.5) is 25.5 Å². The second-order valence-electron chi connectivity index (χ2n) is 18.3. The zero-order valence-electron chi connectivity index (χ0n) is 37.3. The third-order valence-corrected chi connectivity index (χ3v) is 11.1. The third-order valence-electron chi connectivity index (χ3n) is 10.9. The summed E-state index contributed by atoms with van der Waals surface area (Å²) in [6.07, 6.45) is 0.512. The monoisotopic (exact) mass is 918 g/mol. The molecule has 346 valence electrons. The fraction of sp³-hybridized carbons (Fsp3) is 0.478. The van der Waals surface area contributed by atoms with E-state index in [4.69, 9.17) is 49.7 Å². The first-order valence-electron chi connectivity index (χ1n) is 21.4. The molecule has 3 aromatic heterocycles. The molecule has 7 rings (SSSR count). The molecule has 5 heterocycles. The molecule has 0 aliphatic carbocycles. The number of hydrogen-bond acceptors (Lipinski definition) is 15. The maximum absolute atomic E-state index is 17.4. The second-order valence-corrected chi connectivity index (χ2v) is 18.7. The normalized spacial score (nSPS) is 20.2. The van der Waals surface area contributed by atoms with Gasteiger partial charge in [0, 0.05) is 62.0 Å². The Balaban J connectivity index is 1.12. The summed E-state index contributed by atoms with van der Waals surface area (Å²) in [5.41, 5.74) is -2.09. The Hall–Kier alpha value is -6.30. The zero-order valence-corrected chi connectivity index (χ0v) is 38.1. The molecule has 2 aliphatic rings. The van der Waals surface area contributed by atoms with Crippen LogP contribution in [0, 0.1) is 16.0 Å². The largest absolute Gasteiger partial charge is 0.513 e. The number of anilines is 1. The number of aromatic nitrogens is 3. The van der Waals surface area contributed by atoms with Gasteiger partial charge in [-0.05, 0) is 84.7 Å². The van der Waals surface area contributed by atoms with E-state index in [1.54, 1.807) is 53.4 Å². The van der Waals surface area contributed by atoms with E-state index in [9.17, 15) is 24.5 Å². The number of benzene rings is 2. The van der Waals surface area contributed by atoms with E-state index in [2.05, 4.69) is 4.98 Å². The van der Waals surface area contributed by atoms with E-state index in [0.717, 1.165) is 5.39 Å². The van der Waals surface area contributed by atoms with E-state index >= 15 is 4.39 Å². The number of pyridine rings is 1. The summed E-state index contributed by atoms with van der Waals surface area (Å²) >= 11 is 6.45. The molecule has 5 aromatic rings. The number of amides is 1. The van der Waals surface area contributed by atoms with Crippen molar-refractivity contribution in [3.8, 4) is 11.6 Å². The van der Waals surface area contributed by atoms with Gasteiger partial charge in [-0.25, -0.2) is 33.7 Å². The molecule has 0 bridgehead atoms. The predicted molar refractivity (Wildman–Crippen MR) is 237 cm³/mol. The topological polar surface area (TPSA) is 199 Å². The average molecular weight is 919 g/mol. The summed E-state index contributed by atoms with van der Waals surface area (Å²) in [5, 5.41) is 11.9. The van der Waals surface area contributed by atoms with Crippen LogP contribution in [0.15, 0.2) is 65.2 Å². The number of esters is 1. The number of non-ortho nitro benzene ring substituents is 1. The standard InChI is InChI=1S/C46H52ClFN6O11/c1-27-25-52(42(56)65-45(5,6)7)20-19-46(27,48)33-22-28(47)24-49-40(33)61-31-23-34(41(55)64-44(2,3)4)53(26-31)39-38-37(32-12-8-9-13-35(32)63-38)50-36(51-39)14-10-11-21-60-43(57)62-30-17-15-29(16-18-30)54(58)59/h8-9,12-13,15-18,22,24,27,31,34H,10-11,14,19-21,23,25-26H2,1-7H3/t27-,31-,34-,46+/m0/s1. The fourth-order valence-corrected chi connectivity index (χ4v) is 8.08. The van der Waals surface area contributed by atoms with Crippen molar-refractivity contribution in [2.75, 3.05) is 31.1 Å². The smallest absolute Gasteiger partial charge is 0.472 e. The van der Waals surface area contributed by atoms with Crippen LogP contribution in [0.3, 0.4) is 0 Å². The first kappa shape index (κ1) is 46.7. The van der Waals surface area contributed by atoms with Gasteiger partial charge in [0.05, 0.1) is 28.7 Å². The number of hydrogen-bond donors (Lipinski definition) is 0. The number of unbranched alkanes of at least 4 members (excludes halogenated alkanes) is 1. The van der Waals surface area contributed by atoms with Crippen LogP contribution in [0.5, 0.6) is 11.6 Å². The van der Waals surface area contributed by atoms with Crippen LogP contribution in [0.25, 0.3) is 22.1 Å². The van der Waals surface area contributed by atoms with Crippen molar-refractivity contribution in [3.05, 3.63) is 87.3 Å². The number of alkyl halides is 1. The Morgan fingerprint density at radius 3 is 2.42 bits per heavy atom. The number of fused-ring (bicyclic) bond motifs is 3. The van der Waals surface area contributed by atoms with Gasteiger partial charge in [-0.2, -0.15) is 0 Å². The van der Waals surface area contributed by atoms with Crippen LogP contribution in [0.2, 0.25) is 5.02 Å². The molecule has 2 fully saturated rings. The summed E-state index contributed by atoms with van der Waals surface area (Å²) in [5.74, 6) is -0.331. The lowest BCUT2D eigenvalue weighted by atomic mass is 9.79. The number of ether oxygens (including phenoxy) is 5. The van der Waals surface area contributed by atoms with Gasteiger partial charge in [0.1, 0.15) is 51.7 Å². The molecule has 2 aliphatic heterocycles. The molecule has 1 amide bonds. The van der Waals surface area contributed by atoms with Gasteiger partial charge in [0.2, 0.25) is 5.88 Å². The van der Waals surface area contributed by atoms with E-state index in [-0.39, 0.29) is 67.0 Å². The maximum atomic E-state index is 17.4. The summed E-state index contributed by atoms with van der Waals surface area (Å²) in [4.78, 5) is 67.3. The third kappa shape index (κ3) is 11.0. The van der Waals surface area contributed by atoms with Gasteiger partial charge in [-0.3, -0.25) is 10.1 Å². The van der Waals surface area contributed by atoms with Crippen LogP contribution in [-0.4, -0.2) is 92.6 Å². The predicted octanol–water partition coefficient (Wildman–Crippen LogP) is 9.68. The minimum Gasteiger partial charge on any atom is -0.472 e. The highest BCUT2D eigenvalue weighted by Gasteiger charge is 2.48. The Labute approximate surface area is 379 Å². The molecule has 65 heavy (non-hydrogen) atoms. The van der Waals surface area contributed by atoms with Crippen LogP contribution < -0.4 is 14.4 Å². The van der Waals surface area contributed by atoms with Crippen molar-refractivity contribution in [1.82, 2.24) is 19.9 Å². The quantitative estimate of drug-likeness (QED) is 0.0286. The first-order chi connectivity index (χ1) is 30.7. The van der Waals surface area contributed by atoms with Crippen LogP contribution >= 0.6 is 11.6 Å². The number of para-hydroxylation sites is 1. The van der Waals surface area contributed by atoms with Gasteiger partial charge >= 0.3 is 18.2 Å². The van der Waals surface area contributed by atoms with Crippen molar-refractivity contribution >= 4 is 63.4 Å². The SMILES string of the molecule is C[C@H]1CN(C(=O)OC(C)(C)C)CC[C@]1(F)c1cc(Cl)cnc1O[C@H]1C[C@@H](C(=O)OC(C)(C)C)N(c2nc(CCCCOC(=O)Oc3ccc([N+](=O)[O-])cc3)nc3c2oc2ccccc23)C1. The number of piperidine rings is 1. The molecule has 4 atom stereocenters.